The van der Waals surface area contributed by atoms with Crippen molar-refractivity contribution in [3.63, 3.8) is 0 Å². The van der Waals surface area contributed by atoms with E-state index in [0.717, 1.165) is 24.8 Å². The fraction of sp³-hybridized carbons (Fsp3) is 0.391. The molecule has 0 aliphatic heterocycles. The molecule has 1 aliphatic rings. The maximum Gasteiger partial charge on any atom is 0.266 e. The van der Waals surface area contributed by atoms with Crippen LogP contribution in [0, 0.1) is 0 Å². The molecule has 4 rings (SSSR count). The Morgan fingerprint density at radius 1 is 1.18 bits per heavy atom. The first kappa shape index (κ1) is 24.0. The third kappa shape index (κ3) is 5.69. The minimum atomic E-state index is -3.53. The zero-order valence-electron chi connectivity index (χ0n) is 18.2. The Bertz CT molecular complexity index is 1250. The van der Waals surface area contributed by atoms with E-state index >= 15 is 0 Å². The van der Waals surface area contributed by atoms with Gasteiger partial charge in [0.2, 0.25) is 9.84 Å². The summed E-state index contributed by atoms with van der Waals surface area (Å²) >= 11 is 12.3. The first-order chi connectivity index (χ1) is 15.7. The van der Waals surface area contributed by atoms with Crippen molar-refractivity contribution < 1.29 is 13.2 Å². The number of rotatable bonds is 8. The van der Waals surface area contributed by atoms with E-state index in [1.807, 2.05) is 30.3 Å². The number of aromatic nitrogens is 3. The summed E-state index contributed by atoms with van der Waals surface area (Å²) in [5, 5.41) is 4.79. The molecule has 1 aromatic heterocycles. The van der Waals surface area contributed by atoms with Gasteiger partial charge in [-0.15, -0.1) is 5.10 Å². The number of hydrogen-bond acceptors (Lipinski definition) is 6. The second kappa shape index (κ2) is 10.0. The number of nitrogens with zero attached hydrogens (tertiary/aromatic N) is 3. The van der Waals surface area contributed by atoms with E-state index in [-0.39, 0.29) is 29.5 Å². The molecule has 0 spiro atoms. The van der Waals surface area contributed by atoms with Crippen LogP contribution in [0.5, 0.6) is 5.75 Å². The third-order valence-electron chi connectivity index (χ3n) is 5.90. The van der Waals surface area contributed by atoms with E-state index < -0.39 is 9.84 Å². The standard InChI is InChI=1S/C23H26Cl2N4O3S/c1-29-14-27-23(28-29)33(30,31)10-2-9-32-17-6-4-16-5-8-22(26)19(18(16)13-17)11-15-3-7-20(24)21(25)12-15/h3-4,6-7,12-14,19,22H,2,5,8-11,26H2,1H3. The van der Waals surface area contributed by atoms with Crippen molar-refractivity contribution >= 4 is 33.0 Å². The number of aryl methyl sites for hydroxylation is 2. The Morgan fingerprint density at radius 3 is 2.73 bits per heavy atom. The Morgan fingerprint density at radius 2 is 2.00 bits per heavy atom. The highest BCUT2D eigenvalue weighted by Gasteiger charge is 2.28. The lowest BCUT2D eigenvalue weighted by Gasteiger charge is -2.32. The van der Waals surface area contributed by atoms with Crippen LogP contribution >= 0.6 is 23.2 Å². The van der Waals surface area contributed by atoms with Crippen LogP contribution in [0.1, 0.15) is 35.4 Å². The minimum Gasteiger partial charge on any atom is -0.494 e. The second-order valence-electron chi connectivity index (χ2n) is 8.34. The maximum atomic E-state index is 12.3. The topological polar surface area (TPSA) is 100 Å². The molecule has 0 amide bonds. The van der Waals surface area contributed by atoms with E-state index in [2.05, 4.69) is 16.1 Å². The second-order valence-corrected chi connectivity index (χ2v) is 11.2. The molecule has 1 heterocycles. The van der Waals surface area contributed by atoms with Crippen LogP contribution < -0.4 is 10.5 Å². The number of ether oxygens (including phenoxy) is 1. The number of hydrogen-bond donors (Lipinski definition) is 1. The molecule has 3 aromatic rings. The molecule has 0 saturated heterocycles. The van der Waals surface area contributed by atoms with E-state index in [1.165, 1.54) is 22.1 Å². The van der Waals surface area contributed by atoms with Gasteiger partial charge >= 0.3 is 0 Å². The number of benzene rings is 2. The summed E-state index contributed by atoms with van der Waals surface area (Å²) in [6.07, 6.45) is 4.30. The largest absolute Gasteiger partial charge is 0.494 e. The maximum absolute atomic E-state index is 12.3. The van der Waals surface area contributed by atoms with Crippen molar-refractivity contribution in [2.24, 2.45) is 12.8 Å². The average Bonchev–Trinajstić information content (AvgIpc) is 3.23. The normalized spacial score (nSPS) is 18.2. The highest BCUT2D eigenvalue weighted by atomic mass is 35.5. The molecule has 0 bridgehead atoms. The van der Waals surface area contributed by atoms with Crippen molar-refractivity contribution in [3.05, 3.63) is 69.5 Å². The van der Waals surface area contributed by atoms with E-state index in [4.69, 9.17) is 33.7 Å². The van der Waals surface area contributed by atoms with Crippen molar-refractivity contribution in [1.29, 1.82) is 0 Å². The van der Waals surface area contributed by atoms with Crippen LogP contribution in [0.3, 0.4) is 0 Å². The summed E-state index contributed by atoms with van der Waals surface area (Å²) in [5.74, 6) is 0.757. The van der Waals surface area contributed by atoms with Gasteiger partial charge in [0.05, 0.1) is 22.4 Å². The molecule has 2 unspecified atom stereocenters. The van der Waals surface area contributed by atoms with E-state index in [9.17, 15) is 8.42 Å². The van der Waals surface area contributed by atoms with Crippen molar-refractivity contribution in [3.8, 4) is 5.75 Å². The minimum absolute atomic E-state index is 0.0261. The van der Waals surface area contributed by atoms with Crippen molar-refractivity contribution in [2.75, 3.05) is 12.4 Å². The molecule has 7 nitrogen and oxygen atoms in total. The van der Waals surface area contributed by atoms with Gasteiger partial charge in [-0.1, -0.05) is 35.3 Å². The Hall–Kier alpha value is -2.13. The van der Waals surface area contributed by atoms with Crippen LogP contribution in [0.4, 0.5) is 0 Å². The molecule has 0 fully saturated rings. The van der Waals surface area contributed by atoms with Gasteiger partial charge in [0.1, 0.15) is 12.1 Å². The highest BCUT2D eigenvalue weighted by molar-refractivity contribution is 7.91. The smallest absolute Gasteiger partial charge is 0.266 e. The number of sulfone groups is 1. The van der Waals surface area contributed by atoms with Gasteiger partial charge in [0.15, 0.2) is 0 Å². The summed E-state index contributed by atoms with van der Waals surface area (Å²) < 4.78 is 31.9. The molecule has 2 N–H and O–H groups in total. The molecule has 0 radical (unpaired) electrons. The first-order valence-corrected chi connectivity index (χ1v) is 13.2. The SMILES string of the molecule is Cn1cnc(S(=O)(=O)CCCOc2ccc3c(c2)C(Cc2ccc(Cl)c(Cl)c2)C(N)CC3)n1. The first-order valence-electron chi connectivity index (χ1n) is 10.8. The lowest BCUT2D eigenvalue weighted by molar-refractivity contribution is 0.316. The molecule has 0 saturated carbocycles. The lowest BCUT2D eigenvalue weighted by Crippen LogP contribution is -2.34. The molecule has 33 heavy (non-hydrogen) atoms. The molecule has 2 atom stereocenters. The Balaban J connectivity index is 1.42. The van der Waals surface area contributed by atoms with E-state index in [1.54, 1.807) is 7.05 Å². The molecular weight excluding hydrogens is 483 g/mol. The van der Waals surface area contributed by atoms with Gasteiger partial charge in [0, 0.05) is 19.0 Å². The number of halogens is 2. The molecular formula is C23H26Cl2N4O3S. The summed E-state index contributed by atoms with van der Waals surface area (Å²) in [6.45, 7) is 0.272. The molecule has 10 heteroatoms. The van der Waals surface area contributed by atoms with Crippen LogP contribution in [-0.2, 0) is 29.7 Å². The Labute approximate surface area is 203 Å². The number of fused-ring (bicyclic) bond motifs is 1. The van der Waals surface area contributed by atoms with Gasteiger partial charge in [-0.25, -0.2) is 13.4 Å². The zero-order chi connectivity index (χ0) is 23.6. The van der Waals surface area contributed by atoms with Gasteiger partial charge in [-0.3, -0.25) is 4.68 Å². The van der Waals surface area contributed by atoms with Crippen LogP contribution in [-0.4, -0.2) is 41.6 Å². The van der Waals surface area contributed by atoms with Crippen molar-refractivity contribution in [2.45, 2.75) is 42.8 Å². The fourth-order valence-electron chi connectivity index (χ4n) is 4.16. The highest BCUT2D eigenvalue weighted by Crippen LogP contribution is 2.36. The van der Waals surface area contributed by atoms with Crippen molar-refractivity contribution in [1.82, 2.24) is 14.8 Å². The summed E-state index contributed by atoms with van der Waals surface area (Å²) in [7, 11) is -1.89. The quantitative estimate of drug-likeness (QED) is 0.462. The molecule has 1 aliphatic carbocycles. The lowest BCUT2D eigenvalue weighted by atomic mass is 9.76. The Kier molecular flexibility index (Phi) is 7.28. The fourth-order valence-corrected chi connectivity index (χ4v) is 5.63. The van der Waals surface area contributed by atoms with Crippen LogP contribution in [0.25, 0.3) is 0 Å². The van der Waals surface area contributed by atoms with Crippen LogP contribution in [0.2, 0.25) is 10.0 Å². The number of nitrogens with two attached hydrogens (primary N) is 1. The van der Waals surface area contributed by atoms with Gasteiger partial charge < -0.3 is 10.5 Å². The molecule has 176 valence electrons. The van der Waals surface area contributed by atoms with E-state index in [0.29, 0.717) is 22.2 Å². The summed E-state index contributed by atoms with van der Waals surface area (Å²) in [5.41, 5.74) is 10.0. The summed E-state index contributed by atoms with van der Waals surface area (Å²) in [4.78, 5) is 3.83. The predicted molar refractivity (Wildman–Crippen MR) is 129 cm³/mol. The zero-order valence-corrected chi connectivity index (χ0v) is 20.6. The van der Waals surface area contributed by atoms with Crippen LogP contribution in [0.15, 0.2) is 47.9 Å². The molecule has 2 aromatic carbocycles. The summed E-state index contributed by atoms with van der Waals surface area (Å²) in [6, 6.07) is 11.7. The van der Waals surface area contributed by atoms with Gasteiger partial charge in [-0.05, 0) is 66.6 Å². The third-order valence-corrected chi connectivity index (χ3v) is 8.21. The monoisotopic (exact) mass is 508 g/mol. The van der Waals surface area contributed by atoms with Gasteiger partial charge in [-0.2, -0.15) is 0 Å². The average molecular weight is 509 g/mol. The predicted octanol–water partition coefficient (Wildman–Crippen LogP) is 3.96. The van der Waals surface area contributed by atoms with Gasteiger partial charge in [0.25, 0.3) is 5.16 Å².